The van der Waals surface area contributed by atoms with E-state index in [0.717, 1.165) is 33.5 Å². The fourth-order valence-electron chi connectivity index (χ4n) is 3.29. The van der Waals surface area contributed by atoms with Gasteiger partial charge in [-0.2, -0.15) is 5.26 Å². The molecule has 3 N–H and O–H groups in total. The topological polar surface area (TPSA) is 74.7 Å². The molecule has 3 aromatic carbocycles. The third kappa shape index (κ3) is 3.95. The van der Waals surface area contributed by atoms with Gasteiger partial charge in [-0.25, -0.2) is 0 Å². The number of nitrogens with zero attached hydrogens (tertiary/aromatic N) is 2. The van der Waals surface area contributed by atoms with Gasteiger partial charge in [-0.1, -0.05) is 72.8 Å². The molecule has 29 heavy (non-hydrogen) atoms. The molecule has 0 saturated carbocycles. The third-order valence-corrected chi connectivity index (χ3v) is 4.87. The van der Waals surface area contributed by atoms with E-state index in [4.69, 9.17) is 5.73 Å². The Kier molecular flexibility index (Phi) is 5.22. The van der Waals surface area contributed by atoms with Gasteiger partial charge in [-0.3, -0.25) is 4.98 Å². The first kappa shape index (κ1) is 18.3. The lowest BCUT2D eigenvalue weighted by Crippen LogP contribution is -2.04. The molecule has 4 nitrogen and oxygen atoms in total. The van der Waals surface area contributed by atoms with Gasteiger partial charge in [-0.05, 0) is 28.3 Å². The maximum Gasteiger partial charge on any atom is 0.0998 e. The summed E-state index contributed by atoms with van der Waals surface area (Å²) in [6.45, 7) is 0.629. The van der Waals surface area contributed by atoms with Crippen molar-refractivity contribution < 1.29 is 0 Å². The van der Waals surface area contributed by atoms with E-state index in [-0.39, 0.29) is 0 Å². The zero-order chi connectivity index (χ0) is 20.1. The molecule has 0 atom stereocenters. The minimum Gasteiger partial charge on any atom is -0.396 e. The van der Waals surface area contributed by atoms with E-state index in [9.17, 15) is 5.26 Å². The number of anilines is 2. The molecule has 0 spiro atoms. The van der Waals surface area contributed by atoms with E-state index >= 15 is 0 Å². The van der Waals surface area contributed by atoms with Gasteiger partial charge >= 0.3 is 0 Å². The van der Waals surface area contributed by atoms with Crippen LogP contribution in [-0.4, -0.2) is 4.98 Å². The van der Waals surface area contributed by atoms with E-state index < -0.39 is 0 Å². The Morgan fingerprint density at radius 3 is 2.24 bits per heavy atom. The molecule has 0 unspecified atom stereocenters. The zero-order valence-electron chi connectivity index (χ0n) is 15.8. The van der Waals surface area contributed by atoms with Gasteiger partial charge in [0.1, 0.15) is 0 Å². The summed E-state index contributed by atoms with van der Waals surface area (Å²) < 4.78 is 0. The van der Waals surface area contributed by atoms with Gasteiger partial charge < -0.3 is 11.1 Å². The molecule has 140 valence electrons. The Bertz CT molecular complexity index is 1160. The number of nitrogen functional groups attached to an aromatic ring is 1. The second kappa shape index (κ2) is 8.28. The molecule has 0 aliphatic carbocycles. The van der Waals surface area contributed by atoms with Crippen molar-refractivity contribution in [3.8, 4) is 28.3 Å². The first-order chi connectivity index (χ1) is 14.3. The minimum atomic E-state index is 0.629. The van der Waals surface area contributed by atoms with Crippen LogP contribution in [0.3, 0.4) is 0 Å². The Hall–Kier alpha value is -4.10. The average Bonchev–Trinajstić information content (AvgIpc) is 2.79. The molecule has 4 heteroatoms. The average molecular weight is 376 g/mol. The molecular weight excluding hydrogens is 356 g/mol. The number of hydrogen-bond donors (Lipinski definition) is 2. The van der Waals surface area contributed by atoms with Crippen LogP contribution >= 0.6 is 0 Å². The second-order valence-corrected chi connectivity index (χ2v) is 6.72. The van der Waals surface area contributed by atoms with Crippen molar-refractivity contribution >= 4 is 11.4 Å². The predicted octanol–water partition coefficient (Wildman–Crippen LogP) is 5.48. The molecule has 0 radical (unpaired) electrons. The fourth-order valence-corrected chi connectivity index (χ4v) is 3.29. The van der Waals surface area contributed by atoms with Gasteiger partial charge in [0.2, 0.25) is 0 Å². The van der Waals surface area contributed by atoms with Crippen LogP contribution in [0.4, 0.5) is 11.4 Å². The number of nitrogens with two attached hydrogens (primary N) is 1. The van der Waals surface area contributed by atoms with Gasteiger partial charge in [0, 0.05) is 18.3 Å². The maximum atomic E-state index is 9.30. The Morgan fingerprint density at radius 2 is 1.48 bits per heavy atom. The number of hydrogen-bond acceptors (Lipinski definition) is 4. The quantitative estimate of drug-likeness (QED) is 0.483. The zero-order valence-corrected chi connectivity index (χ0v) is 15.8. The van der Waals surface area contributed by atoms with E-state index in [0.29, 0.717) is 17.8 Å². The number of nitrogens with one attached hydrogen (secondary N) is 1. The van der Waals surface area contributed by atoms with Crippen molar-refractivity contribution in [1.82, 2.24) is 4.98 Å². The van der Waals surface area contributed by atoms with Crippen LogP contribution in [0.1, 0.15) is 11.1 Å². The lowest BCUT2D eigenvalue weighted by molar-refractivity contribution is 1.14. The first-order valence-corrected chi connectivity index (χ1v) is 9.37. The highest BCUT2D eigenvalue weighted by atomic mass is 14.9. The summed E-state index contributed by atoms with van der Waals surface area (Å²) in [5.74, 6) is 0. The summed E-state index contributed by atoms with van der Waals surface area (Å²) in [6, 6.07) is 28.1. The normalized spacial score (nSPS) is 10.3. The summed E-state index contributed by atoms with van der Waals surface area (Å²) >= 11 is 0. The van der Waals surface area contributed by atoms with E-state index in [1.165, 1.54) is 0 Å². The smallest absolute Gasteiger partial charge is 0.0998 e. The molecular formula is C25H20N4. The van der Waals surface area contributed by atoms with Gasteiger partial charge in [0.15, 0.2) is 0 Å². The van der Waals surface area contributed by atoms with Crippen molar-refractivity contribution in [2.24, 2.45) is 0 Å². The fraction of sp³-hybridized carbons (Fsp3) is 0.0400. The summed E-state index contributed by atoms with van der Waals surface area (Å²) in [4.78, 5) is 4.33. The molecule has 0 aliphatic heterocycles. The van der Waals surface area contributed by atoms with Crippen molar-refractivity contribution in [3.05, 3.63) is 102 Å². The monoisotopic (exact) mass is 376 g/mol. The summed E-state index contributed by atoms with van der Waals surface area (Å²) in [5.41, 5.74) is 13.6. The molecule has 0 aliphatic rings. The highest BCUT2D eigenvalue weighted by Crippen LogP contribution is 2.31. The Balaban J connectivity index is 1.51. The van der Waals surface area contributed by atoms with Crippen LogP contribution in [0.25, 0.3) is 22.3 Å². The largest absolute Gasteiger partial charge is 0.396 e. The van der Waals surface area contributed by atoms with Crippen molar-refractivity contribution in [1.29, 1.82) is 5.26 Å². The Morgan fingerprint density at radius 1 is 0.793 bits per heavy atom. The third-order valence-electron chi connectivity index (χ3n) is 4.87. The van der Waals surface area contributed by atoms with Crippen molar-refractivity contribution in [2.75, 3.05) is 11.1 Å². The number of pyridine rings is 1. The predicted molar refractivity (Wildman–Crippen MR) is 118 cm³/mol. The number of aromatic nitrogens is 1. The first-order valence-electron chi connectivity index (χ1n) is 9.37. The van der Waals surface area contributed by atoms with Crippen LogP contribution in [-0.2, 0) is 6.54 Å². The van der Waals surface area contributed by atoms with Crippen LogP contribution < -0.4 is 11.1 Å². The molecule has 1 heterocycles. The van der Waals surface area contributed by atoms with Gasteiger partial charge in [0.05, 0.1) is 29.2 Å². The molecule has 0 saturated heterocycles. The molecule has 4 aromatic rings. The molecule has 0 amide bonds. The highest BCUT2D eigenvalue weighted by molar-refractivity contribution is 5.84. The highest BCUT2D eigenvalue weighted by Gasteiger charge is 2.08. The minimum absolute atomic E-state index is 0.629. The van der Waals surface area contributed by atoms with E-state index in [1.807, 2.05) is 66.7 Å². The number of rotatable bonds is 5. The van der Waals surface area contributed by atoms with Gasteiger partial charge in [0.25, 0.3) is 0 Å². The van der Waals surface area contributed by atoms with Crippen LogP contribution in [0.2, 0.25) is 0 Å². The maximum absolute atomic E-state index is 9.30. The summed E-state index contributed by atoms with van der Waals surface area (Å²) in [7, 11) is 0. The van der Waals surface area contributed by atoms with Crippen LogP contribution in [0.15, 0.2) is 91.3 Å². The van der Waals surface area contributed by atoms with E-state index in [2.05, 4.69) is 28.5 Å². The Labute approximate surface area is 170 Å². The molecule has 0 bridgehead atoms. The SMILES string of the molecule is N#Cc1ccccc1-c1ccc(CNc2cncc(-c3ccccc3)c2N)cc1. The van der Waals surface area contributed by atoms with Gasteiger partial charge in [-0.15, -0.1) is 0 Å². The lowest BCUT2D eigenvalue weighted by Gasteiger charge is -2.13. The summed E-state index contributed by atoms with van der Waals surface area (Å²) in [6.07, 6.45) is 3.54. The van der Waals surface area contributed by atoms with Crippen molar-refractivity contribution in [3.63, 3.8) is 0 Å². The molecule has 4 rings (SSSR count). The molecule has 0 fully saturated rings. The lowest BCUT2D eigenvalue weighted by atomic mass is 9.99. The standard InChI is InChI=1S/C25H20N4/c26-14-21-8-4-5-9-22(21)20-12-10-18(11-13-20)15-29-24-17-28-16-23(25(24)27)19-6-2-1-3-7-19/h1-13,16-17,29H,15H2,(H2,27,28). The summed E-state index contributed by atoms with van der Waals surface area (Å²) in [5, 5.41) is 12.7. The number of benzene rings is 3. The molecule has 1 aromatic heterocycles. The van der Waals surface area contributed by atoms with Crippen LogP contribution in [0.5, 0.6) is 0 Å². The number of nitriles is 1. The van der Waals surface area contributed by atoms with Crippen molar-refractivity contribution in [2.45, 2.75) is 6.54 Å². The van der Waals surface area contributed by atoms with Crippen LogP contribution in [0, 0.1) is 11.3 Å². The van der Waals surface area contributed by atoms with E-state index in [1.54, 1.807) is 12.4 Å². The second-order valence-electron chi connectivity index (χ2n) is 6.72.